The molecule has 0 aliphatic heterocycles. The van der Waals surface area contributed by atoms with Crippen LogP contribution in [-0.2, 0) is 6.54 Å². The van der Waals surface area contributed by atoms with Crippen molar-refractivity contribution in [3.8, 4) is 0 Å². The molecule has 1 amide bonds. The second-order valence-corrected chi connectivity index (χ2v) is 7.13. The van der Waals surface area contributed by atoms with Gasteiger partial charge in [0.25, 0.3) is 5.91 Å². The molecule has 8 heteroatoms. The lowest BCUT2D eigenvalue weighted by molar-refractivity contribution is 0.0950. The van der Waals surface area contributed by atoms with Gasteiger partial charge in [0.2, 0.25) is 0 Å². The van der Waals surface area contributed by atoms with E-state index in [0.717, 1.165) is 22.9 Å². The Balaban J connectivity index is 1.62. The van der Waals surface area contributed by atoms with Crippen molar-refractivity contribution in [3.05, 3.63) is 58.9 Å². The molecule has 0 spiro atoms. The molecule has 28 heavy (non-hydrogen) atoms. The number of nitrogens with one attached hydrogen (secondary N) is 2. The van der Waals surface area contributed by atoms with E-state index < -0.39 is 0 Å². The van der Waals surface area contributed by atoms with Crippen LogP contribution in [0.3, 0.4) is 0 Å². The summed E-state index contributed by atoms with van der Waals surface area (Å²) in [4.78, 5) is 22.8. The number of nitrogens with two attached hydrogens (primary N) is 1. The van der Waals surface area contributed by atoms with Gasteiger partial charge in [0.1, 0.15) is 11.6 Å². The van der Waals surface area contributed by atoms with E-state index in [1.54, 1.807) is 12.3 Å². The second kappa shape index (κ2) is 8.86. The topological polar surface area (TPSA) is 96.2 Å². The standard InChI is InChI=1S/C20H23ClN6O/c1-27(2)8-7-24-19-17(21)10-15(12-25-19)20(28)26-11-13-3-4-16-14(9-13)5-6-23-18(16)22/h3-6,9-10,12H,7-8,11H2,1-2H3,(H2,22,23)(H,24,25)(H,26,28). The monoisotopic (exact) mass is 398 g/mol. The summed E-state index contributed by atoms with van der Waals surface area (Å²) in [6.45, 7) is 1.96. The number of rotatable bonds is 7. The molecule has 0 bridgehead atoms. The summed E-state index contributed by atoms with van der Waals surface area (Å²) in [6, 6.07) is 9.32. The lowest BCUT2D eigenvalue weighted by atomic mass is 10.1. The van der Waals surface area contributed by atoms with Crippen molar-refractivity contribution in [3.63, 3.8) is 0 Å². The first-order valence-electron chi connectivity index (χ1n) is 8.89. The van der Waals surface area contributed by atoms with E-state index in [-0.39, 0.29) is 5.91 Å². The van der Waals surface area contributed by atoms with Gasteiger partial charge in [-0.1, -0.05) is 23.7 Å². The molecule has 0 unspecified atom stereocenters. The van der Waals surface area contributed by atoms with Crippen LogP contribution in [0.2, 0.25) is 5.02 Å². The third-order valence-corrected chi connectivity index (χ3v) is 4.56. The molecule has 0 aliphatic carbocycles. The van der Waals surface area contributed by atoms with Crippen LogP contribution in [0.4, 0.5) is 11.6 Å². The summed E-state index contributed by atoms with van der Waals surface area (Å²) in [6.07, 6.45) is 3.19. The Labute approximate surface area is 168 Å². The maximum atomic E-state index is 12.4. The van der Waals surface area contributed by atoms with Crippen molar-refractivity contribution in [1.82, 2.24) is 20.2 Å². The first kappa shape index (κ1) is 19.9. The van der Waals surface area contributed by atoms with Crippen LogP contribution in [0.1, 0.15) is 15.9 Å². The van der Waals surface area contributed by atoms with E-state index in [4.69, 9.17) is 17.3 Å². The lowest BCUT2D eigenvalue weighted by Crippen LogP contribution is -2.23. The number of fused-ring (bicyclic) bond motifs is 1. The molecular formula is C20H23ClN6O. The summed E-state index contributed by atoms with van der Waals surface area (Å²) in [7, 11) is 3.98. The number of amides is 1. The van der Waals surface area contributed by atoms with Gasteiger partial charge >= 0.3 is 0 Å². The predicted molar refractivity (Wildman–Crippen MR) is 114 cm³/mol. The molecule has 0 radical (unpaired) electrons. The number of likely N-dealkylation sites (N-methyl/N-ethyl adjacent to an activating group) is 1. The molecule has 0 atom stereocenters. The Morgan fingerprint density at radius 3 is 2.79 bits per heavy atom. The molecule has 0 saturated carbocycles. The van der Waals surface area contributed by atoms with E-state index in [1.165, 1.54) is 6.20 Å². The van der Waals surface area contributed by atoms with Crippen LogP contribution >= 0.6 is 11.6 Å². The molecular weight excluding hydrogens is 376 g/mol. The Kier molecular flexibility index (Phi) is 6.28. The quantitative estimate of drug-likeness (QED) is 0.566. The second-order valence-electron chi connectivity index (χ2n) is 6.72. The van der Waals surface area contributed by atoms with Crippen LogP contribution in [0.5, 0.6) is 0 Å². The SMILES string of the molecule is CN(C)CCNc1ncc(C(=O)NCc2ccc3c(N)nccc3c2)cc1Cl. The van der Waals surface area contributed by atoms with Crippen LogP contribution < -0.4 is 16.4 Å². The zero-order valence-electron chi connectivity index (χ0n) is 15.9. The maximum absolute atomic E-state index is 12.4. The number of nitrogens with zero attached hydrogens (tertiary/aromatic N) is 3. The number of halogens is 1. The van der Waals surface area contributed by atoms with Gasteiger partial charge in [0.05, 0.1) is 10.6 Å². The number of aromatic nitrogens is 2. The molecule has 7 nitrogen and oxygen atoms in total. The van der Waals surface area contributed by atoms with Crippen molar-refractivity contribution >= 4 is 39.9 Å². The molecule has 0 saturated heterocycles. The van der Waals surface area contributed by atoms with Crippen molar-refractivity contribution < 1.29 is 4.79 Å². The number of hydrogen-bond donors (Lipinski definition) is 3. The van der Waals surface area contributed by atoms with E-state index in [2.05, 4.69) is 25.5 Å². The number of hydrogen-bond acceptors (Lipinski definition) is 6. The van der Waals surface area contributed by atoms with E-state index in [9.17, 15) is 4.79 Å². The first-order valence-corrected chi connectivity index (χ1v) is 9.27. The smallest absolute Gasteiger partial charge is 0.253 e. The molecule has 4 N–H and O–H groups in total. The number of benzene rings is 1. The van der Waals surface area contributed by atoms with E-state index in [0.29, 0.717) is 35.3 Å². The number of anilines is 2. The minimum atomic E-state index is -0.233. The summed E-state index contributed by atoms with van der Waals surface area (Å²) < 4.78 is 0. The van der Waals surface area contributed by atoms with Gasteiger partial charge in [-0.3, -0.25) is 4.79 Å². The van der Waals surface area contributed by atoms with Gasteiger partial charge in [-0.05, 0) is 43.2 Å². The fourth-order valence-electron chi connectivity index (χ4n) is 2.74. The fourth-order valence-corrected chi connectivity index (χ4v) is 2.97. The van der Waals surface area contributed by atoms with Gasteiger partial charge < -0.3 is 21.3 Å². The summed E-state index contributed by atoms with van der Waals surface area (Å²) >= 11 is 6.25. The highest BCUT2D eigenvalue weighted by molar-refractivity contribution is 6.33. The Morgan fingerprint density at radius 2 is 2.04 bits per heavy atom. The van der Waals surface area contributed by atoms with Crippen LogP contribution in [-0.4, -0.2) is 48.0 Å². The average molecular weight is 399 g/mol. The van der Waals surface area contributed by atoms with Crippen molar-refractivity contribution in [2.45, 2.75) is 6.54 Å². The summed E-state index contributed by atoms with van der Waals surface area (Å²) in [5, 5.41) is 8.34. The van der Waals surface area contributed by atoms with Crippen molar-refractivity contribution in [1.29, 1.82) is 0 Å². The molecule has 146 valence electrons. The van der Waals surface area contributed by atoms with Crippen molar-refractivity contribution in [2.24, 2.45) is 0 Å². The summed E-state index contributed by atoms with van der Waals surface area (Å²) in [5.41, 5.74) is 7.25. The molecule has 0 aliphatic rings. The largest absolute Gasteiger partial charge is 0.383 e. The third kappa shape index (κ3) is 4.88. The van der Waals surface area contributed by atoms with Gasteiger partial charge in [-0.15, -0.1) is 0 Å². The van der Waals surface area contributed by atoms with Gasteiger partial charge in [-0.25, -0.2) is 9.97 Å². The molecule has 1 aromatic carbocycles. The fraction of sp³-hybridized carbons (Fsp3) is 0.250. The zero-order chi connectivity index (χ0) is 20.1. The Bertz CT molecular complexity index is 992. The van der Waals surface area contributed by atoms with Crippen molar-refractivity contribution in [2.75, 3.05) is 38.2 Å². The highest BCUT2D eigenvalue weighted by atomic mass is 35.5. The van der Waals surface area contributed by atoms with Crippen LogP contribution in [0, 0.1) is 0 Å². The maximum Gasteiger partial charge on any atom is 0.253 e. The minimum Gasteiger partial charge on any atom is -0.383 e. The normalized spacial score (nSPS) is 11.0. The third-order valence-electron chi connectivity index (χ3n) is 4.27. The molecule has 3 aromatic rings. The number of pyridine rings is 2. The molecule has 3 rings (SSSR count). The van der Waals surface area contributed by atoms with E-state index in [1.807, 2.05) is 38.4 Å². The lowest BCUT2D eigenvalue weighted by Gasteiger charge is -2.12. The number of carbonyl (C=O) groups is 1. The van der Waals surface area contributed by atoms with E-state index >= 15 is 0 Å². The van der Waals surface area contributed by atoms with Crippen LogP contribution in [0.15, 0.2) is 42.7 Å². The molecule has 0 fully saturated rings. The minimum absolute atomic E-state index is 0.233. The Hall–Kier alpha value is -2.90. The number of carbonyl (C=O) groups excluding carboxylic acids is 1. The highest BCUT2D eigenvalue weighted by Gasteiger charge is 2.10. The molecule has 2 aromatic heterocycles. The average Bonchev–Trinajstić information content (AvgIpc) is 2.67. The number of nitrogen functional groups attached to an aromatic ring is 1. The molecule has 2 heterocycles. The zero-order valence-corrected chi connectivity index (χ0v) is 16.6. The highest BCUT2D eigenvalue weighted by Crippen LogP contribution is 2.21. The van der Waals surface area contributed by atoms with Gasteiger partial charge in [-0.2, -0.15) is 0 Å². The van der Waals surface area contributed by atoms with Crippen LogP contribution in [0.25, 0.3) is 10.8 Å². The van der Waals surface area contributed by atoms with Gasteiger partial charge in [0, 0.05) is 37.4 Å². The predicted octanol–water partition coefficient (Wildman–Crippen LogP) is 2.77. The first-order chi connectivity index (χ1) is 13.4. The van der Waals surface area contributed by atoms with Gasteiger partial charge in [0.15, 0.2) is 0 Å². The Morgan fingerprint density at radius 1 is 1.21 bits per heavy atom. The summed E-state index contributed by atoms with van der Waals surface area (Å²) in [5.74, 6) is 0.831.